The van der Waals surface area contributed by atoms with Crippen LogP contribution in [-0.2, 0) is 21.3 Å². The van der Waals surface area contributed by atoms with Gasteiger partial charge in [0.15, 0.2) is 9.84 Å². The van der Waals surface area contributed by atoms with Gasteiger partial charge in [-0.2, -0.15) is 0 Å². The summed E-state index contributed by atoms with van der Waals surface area (Å²) < 4.78 is 29.3. The van der Waals surface area contributed by atoms with Gasteiger partial charge >= 0.3 is 0 Å². The van der Waals surface area contributed by atoms with Crippen LogP contribution in [0.25, 0.3) is 0 Å². The first-order chi connectivity index (χ1) is 7.07. The van der Waals surface area contributed by atoms with E-state index in [9.17, 15) is 8.42 Å². The highest BCUT2D eigenvalue weighted by atomic mass is 79.9. The van der Waals surface area contributed by atoms with E-state index in [1.54, 1.807) is 0 Å². The summed E-state index contributed by atoms with van der Waals surface area (Å²) in [5.41, 5.74) is 0.858. The first kappa shape index (κ1) is 9.90. The first-order valence-electron chi connectivity index (χ1n) is 5.07. The molecular weight excluding hydrogens is 280 g/mol. The van der Waals surface area contributed by atoms with Gasteiger partial charge in [-0.25, -0.2) is 8.42 Å². The summed E-state index contributed by atoms with van der Waals surface area (Å²) in [4.78, 5) is 0. The minimum atomic E-state index is -2.94. The molecule has 82 valence electrons. The summed E-state index contributed by atoms with van der Waals surface area (Å²) in [6.45, 7) is 0. The Kier molecular flexibility index (Phi) is 2.05. The summed E-state index contributed by atoms with van der Waals surface area (Å²) >= 11 is 3.47. The molecule has 0 unspecified atom stereocenters. The molecule has 15 heavy (non-hydrogen) atoms. The molecule has 1 aromatic rings. The molecule has 0 N–H and O–H groups in total. The minimum Gasteiger partial charge on any atom is -0.463 e. The van der Waals surface area contributed by atoms with Gasteiger partial charge in [0.1, 0.15) is 17.3 Å². The van der Waals surface area contributed by atoms with Crippen LogP contribution in [-0.4, -0.2) is 8.42 Å². The molecule has 0 radical (unpaired) electrons. The van der Waals surface area contributed by atoms with Crippen molar-refractivity contribution >= 4 is 25.8 Å². The number of halogens is 1. The lowest BCUT2D eigenvalue weighted by Crippen LogP contribution is -2.08. The Balaban J connectivity index is 2.03. The van der Waals surface area contributed by atoms with Crippen molar-refractivity contribution in [2.75, 3.05) is 0 Å². The molecular formula is C10H11BrO3S. The molecule has 0 bridgehead atoms. The van der Waals surface area contributed by atoms with Gasteiger partial charge in [0.25, 0.3) is 0 Å². The molecule has 0 aromatic carbocycles. The van der Waals surface area contributed by atoms with Gasteiger partial charge < -0.3 is 4.42 Å². The summed E-state index contributed by atoms with van der Waals surface area (Å²) in [5, 5.41) is 0. The topological polar surface area (TPSA) is 47.3 Å². The van der Waals surface area contributed by atoms with Gasteiger partial charge in [0, 0.05) is 11.5 Å². The third kappa shape index (κ3) is 1.47. The lowest BCUT2D eigenvalue weighted by molar-refractivity contribution is 0.337. The fraction of sp³-hybridized carbons (Fsp3) is 0.600. The molecule has 0 atom stereocenters. The van der Waals surface area contributed by atoms with Crippen molar-refractivity contribution in [2.24, 2.45) is 0 Å². The Morgan fingerprint density at radius 3 is 2.53 bits per heavy atom. The van der Waals surface area contributed by atoms with Crippen molar-refractivity contribution in [2.45, 2.75) is 36.7 Å². The van der Waals surface area contributed by atoms with E-state index in [0.717, 1.165) is 28.6 Å². The van der Waals surface area contributed by atoms with Crippen LogP contribution in [0.1, 0.15) is 42.3 Å². The van der Waals surface area contributed by atoms with E-state index >= 15 is 0 Å². The van der Waals surface area contributed by atoms with Gasteiger partial charge in [-0.05, 0) is 28.8 Å². The summed E-state index contributed by atoms with van der Waals surface area (Å²) in [5.74, 6) is 2.35. The van der Waals surface area contributed by atoms with Crippen LogP contribution < -0.4 is 0 Å². The molecule has 5 heteroatoms. The van der Waals surface area contributed by atoms with Crippen LogP contribution in [0.15, 0.2) is 8.89 Å². The zero-order valence-corrected chi connectivity index (χ0v) is 10.5. The van der Waals surface area contributed by atoms with Crippen molar-refractivity contribution in [3.05, 3.63) is 21.6 Å². The van der Waals surface area contributed by atoms with E-state index in [1.165, 1.54) is 6.42 Å². The highest BCUT2D eigenvalue weighted by Crippen LogP contribution is 2.45. The van der Waals surface area contributed by atoms with Crippen molar-refractivity contribution < 1.29 is 12.8 Å². The largest absolute Gasteiger partial charge is 0.463 e. The molecule has 2 heterocycles. The van der Waals surface area contributed by atoms with Crippen LogP contribution >= 0.6 is 15.9 Å². The zero-order chi connectivity index (χ0) is 10.6. The molecule has 1 aliphatic carbocycles. The number of hydrogen-bond donors (Lipinski definition) is 0. The Morgan fingerprint density at radius 1 is 1.27 bits per heavy atom. The molecule has 1 saturated carbocycles. The third-order valence-electron chi connectivity index (χ3n) is 3.24. The van der Waals surface area contributed by atoms with Crippen LogP contribution in [0.5, 0.6) is 0 Å². The van der Waals surface area contributed by atoms with E-state index in [0.29, 0.717) is 11.7 Å². The van der Waals surface area contributed by atoms with Crippen LogP contribution in [0.3, 0.4) is 0 Å². The fourth-order valence-electron chi connectivity index (χ4n) is 2.17. The lowest BCUT2D eigenvalue weighted by Gasteiger charge is -2.23. The van der Waals surface area contributed by atoms with Crippen LogP contribution in [0.4, 0.5) is 0 Å². The molecule has 0 spiro atoms. The normalized spacial score (nSPS) is 23.8. The number of sulfone groups is 1. The summed E-state index contributed by atoms with van der Waals surface area (Å²) in [6, 6.07) is 0. The average Bonchev–Trinajstić information content (AvgIpc) is 2.46. The molecule has 3 rings (SSSR count). The number of furan rings is 1. The second-order valence-corrected chi connectivity index (χ2v) is 7.20. The van der Waals surface area contributed by atoms with Crippen molar-refractivity contribution in [1.82, 2.24) is 0 Å². The van der Waals surface area contributed by atoms with E-state index in [4.69, 9.17) is 4.42 Å². The van der Waals surface area contributed by atoms with Gasteiger partial charge in [0.2, 0.25) is 0 Å². The van der Waals surface area contributed by atoms with Gasteiger partial charge in [-0.15, -0.1) is 0 Å². The Labute approximate surface area is 96.9 Å². The SMILES string of the molecule is O=S1(=O)Cc2oc(C3CCC3)c(Br)c2C1. The second-order valence-electron chi connectivity index (χ2n) is 4.34. The molecule has 0 saturated heterocycles. The lowest BCUT2D eigenvalue weighted by atomic mass is 9.83. The number of rotatable bonds is 1. The molecule has 3 nitrogen and oxygen atoms in total. The van der Waals surface area contributed by atoms with Crippen LogP contribution in [0.2, 0.25) is 0 Å². The Morgan fingerprint density at radius 2 is 2.00 bits per heavy atom. The third-order valence-corrected chi connectivity index (χ3v) is 5.54. The number of hydrogen-bond acceptors (Lipinski definition) is 3. The van der Waals surface area contributed by atoms with Gasteiger partial charge in [-0.1, -0.05) is 6.42 Å². The summed E-state index contributed by atoms with van der Waals surface area (Å²) in [6.07, 6.45) is 3.58. The zero-order valence-electron chi connectivity index (χ0n) is 8.12. The fourth-order valence-corrected chi connectivity index (χ4v) is 4.61. The van der Waals surface area contributed by atoms with Crippen molar-refractivity contribution in [3.8, 4) is 0 Å². The van der Waals surface area contributed by atoms with Crippen molar-refractivity contribution in [3.63, 3.8) is 0 Å². The molecule has 2 aliphatic rings. The Bertz CT molecular complexity index is 511. The van der Waals surface area contributed by atoms with E-state index in [1.807, 2.05) is 0 Å². The molecule has 1 aliphatic heterocycles. The van der Waals surface area contributed by atoms with E-state index in [2.05, 4.69) is 15.9 Å². The molecule has 0 amide bonds. The smallest absolute Gasteiger partial charge is 0.161 e. The molecule has 1 fully saturated rings. The highest BCUT2D eigenvalue weighted by Gasteiger charge is 2.35. The highest BCUT2D eigenvalue weighted by molar-refractivity contribution is 9.10. The average molecular weight is 291 g/mol. The predicted octanol–water partition coefficient (Wildman–Crippen LogP) is 2.74. The predicted molar refractivity (Wildman–Crippen MR) is 59.3 cm³/mol. The maximum atomic E-state index is 11.4. The van der Waals surface area contributed by atoms with E-state index < -0.39 is 9.84 Å². The summed E-state index contributed by atoms with van der Waals surface area (Å²) in [7, 11) is -2.94. The number of fused-ring (bicyclic) bond motifs is 1. The maximum absolute atomic E-state index is 11.4. The Hall–Kier alpha value is -0.290. The van der Waals surface area contributed by atoms with Crippen molar-refractivity contribution in [1.29, 1.82) is 0 Å². The van der Waals surface area contributed by atoms with Gasteiger partial charge in [0.05, 0.1) is 10.2 Å². The maximum Gasteiger partial charge on any atom is 0.161 e. The minimum absolute atomic E-state index is 0.0770. The standard InChI is InChI=1S/C10H11BrO3S/c11-9-7-4-15(12,13)5-8(7)14-10(9)6-2-1-3-6/h6H,1-5H2. The monoisotopic (exact) mass is 290 g/mol. The van der Waals surface area contributed by atoms with Crippen LogP contribution in [0, 0.1) is 0 Å². The second kappa shape index (κ2) is 3.10. The quantitative estimate of drug-likeness (QED) is 0.799. The first-order valence-corrected chi connectivity index (χ1v) is 7.68. The van der Waals surface area contributed by atoms with Gasteiger partial charge in [-0.3, -0.25) is 0 Å². The van der Waals surface area contributed by atoms with E-state index in [-0.39, 0.29) is 11.5 Å². The molecule has 1 aromatic heterocycles.